The lowest BCUT2D eigenvalue weighted by Gasteiger charge is -2.36. The van der Waals surface area contributed by atoms with Crippen molar-refractivity contribution >= 4 is 11.6 Å². The fourth-order valence-corrected chi connectivity index (χ4v) is 3.01. The lowest BCUT2D eigenvalue weighted by atomic mass is 9.96. The van der Waals surface area contributed by atoms with E-state index in [9.17, 15) is 4.79 Å². The zero-order valence-electron chi connectivity index (χ0n) is 13.1. The first-order valence-electron chi connectivity index (χ1n) is 7.38. The van der Waals surface area contributed by atoms with Crippen LogP contribution in [0.15, 0.2) is 18.2 Å². The Morgan fingerprint density at radius 3 is 2.62 bits per heavy atom. The van der Waals surface area contributed by atoms with Crippen molar-refractivity contribution in [2.45, 2.75) is 31.2 Å². The van der Waals surface area contributed by atoms with Crippen LogP contribution >= 0.6 is 0 Å². The zero-order chi connectivity index (χ0) is 15.5. The summed E-state index contributed by atoms with van der Waals surface area (Å²) < 4.78 is 5.15. The third kappa shape index (κ3) is 3.29. The van der Waals surface area contributed by atoms with Gasteiger partial charge in [-0.1, -0.05) is 12.8 Å². The number of ether oxygens (including phenoxy) is 1. The fraction of sp³-hybridized carbons (Fsp3) is 0.562. The van der Waals surface area contributed by atoms with Crippen LogP contribution in [-0.2, 0) is 0 Å². The van der Waals surface area contributed by atoms with Gasteiger partial charge in [0.25, 0.3) is 5.91 Å². The van der Waals surface area contributed by atoms with Crippen molar-refractivity contribution in [1.82, 2.24) is 10.2 Å². The number of amides is 1. The first-order chi connectivity index (χ1) is 9.98. The molecule has 2 rings (SSSR count). The largest absolute Gasteiger partial charge is 0.497 e. The summed E-state index contributed by atoms with van der Waals surface area (Å²) in [6.45, 7) is 0.648. The monoisotopic (exact) mass is 291 g/mol. The number of methoxy groups -OCH3 is 1. The Kier molecular flexibility index (Phi) is 4.73. The fourth-order valence-electron chi connectivity index (χ4n) is 3.01. The number of nitrogens with zero attached hydrogens (tertiary/aromatic N) is 1. The molecule has 1 fully saturated rings. The van der Waals surface area contributed by atoms with E-state index >= 15 is 0 Å². The van der Waals surface area contributed by atoms with E-state index in [0.717, 1.165) is 12.8 Å². The van der Waals surface area contributed by atoms with Gasteiger partial charge in [-0.3, -0.25) is 4.79 Å². The predicted molar refractivity (Wildman–Crippen MR) is 84.6 cm³/mol. The molecule has 1 saturated carbocycles. The average molecular weight is 291 g/mol. The molecule has 1 aromatic carbocycles. The lowest BCUT2D eigenvalue weighted by molar-refractivity contribution is 0.0900. The Hall–Kier alpha value is -1.75. The second-order valence-electron chi connectivity index (χ2n) is 5.96. The van der Waals surface area contributed by atoms with E-state index < -0.39 is 0 Å². The van der Waals surface area contributed by atoms with E-state index in [2.05, 4.69) is 24.3 Å². The number of nitrogens with one attached hydrogen (secondary N) is 1. The van der Waals surface area contributed by atoms with Gasteiger partial charge in [-0.05, 0) is 45.1 Å². The molecular weight excluding hydrogens is 266 g/mol. The summed E-state index contributed by atoms with van der Waals surface area (Å²) in [5.74, 6) is 0.497. The minimum absolute atomic E-state index is 0.0727. The summed E-state index contributed by atoms with van der Waals surface area (Å²) in [5.41, 5.74) is 6.91. The van der Waals surface area contributed by atoms with Gasteiger partial charge in [-0.25, -0.2) is 0 Å². The first-order valence-corrected chi connectivity index (χ1v) is 7.38. The maximum atomic E-state index is 12.4. The van der Waals surface area contributed by atoms with Gasteiger partial charge < -0.3 is 20.7 Å². The second kappa shape index (κ2) is 6.35. The highest BCUT2D eigenvalue weighted by Crippen LogP contribution is 2.33. The van der Waals surface area contributed by atoms with Crippen molar-refractivity contribution in [3.63, 3.8) is 0 Å². The summed E-state index contributed by atoms with van der Waals surface area (Å²) in [4.78, 5) is 14.6. The highest BCUT2D eigenvalue weighted by Gasteiger charge is 2.36. The molecule has 1 aliphatic rings. The molecule has 0 aliphatic heterocycles. The molecule has 5 nitrogen and oxygen atoms in total. The molecule has 0 unspecified atom stereocenters. The highest BCUT2D eigenvalue weighted by molar-refractivity contribution is 5.99. The van der Waals surface area contributed by atoms with Crippen LogP contribution in [-0.4, -0.2) is 44.1 Å². The molecule has 116 valence electrons. The maximum Gasteiger partial charge on any atom is 0.253 e. The minimum atomic E-state index is -0.139. The summed E-state index contributed by atoms with van der Waals surface area (Å²) in [5, 5.41) is 3.04. The van der Waals surface area contributed by atoms with Gasteiger partial charge in [0, 0.05) is 17.8 Å². The summed E-state index contributed by atoms with van der Waals surface area (Å²) in [7, 11) is 5.74. The molecule has 3 N–H and O–H groups in total. The van der Waals surface area contributed by atoms with E-state index in [0.29, 0.717) is 23.5 Å². The van der Waals surface area contributed by atoms with Gasteiger partial charge in [0.2, 0.25) is 0 Å². The molecule has 21 heavy (non-hydrogen) atoms. The molecule has 0 saturated heterocycles. The van der Waals surface area contributed by atoms with Gasteiger partial charge in [0.05, 0.1) is 12.7 Å². The van der Waals surface area contributed by atoms with Crippen LogP contribution in [0.25, 0.3) is 0 Å². The summed E-state index contributed by atoms with van der Waals surface area (Å²) in [6, 6.07) is 5.14. The molecule has 0 spiro atoms. The third-order valence-corrected chi connectivity index (χ3v) is 4.57. The molecule has 1 amide bonds. The van der Waals surface area contributed by atoms with Crippen LogP contribution in [0.5, 0.6) is 5.75 Å². The number of benzene rings is 1. The molecule has 1 aliphatic carbocycles. The molecule has 5 heteroatoms. The number of hydrogen-bond acceptors (Lipinski definition) is 4. The van der Waals surface area contributed by atoms with Crippen molar-refractivity contribution in [3.8, 4) is 5.75 Å². The van der Waals surface area contributed by atoms with Crippen molar-refractivity contribution in [3.05, 3.63) is 23.8 Å². The van der Waals surface area contributed by atoms with E-state index in [1.807, 2.05) is 0 Å². The molecular formula is C16H25N3O2. The van der Waals surface area contributed by atoms with E-state index in [1.54, 1.807) is 25.3 Å². The number of nitrogens with two attached hydrogens (primary N) is 1. The summed E-state index contributed by atoms with van der Waals surface area (Å²) >= 11 is 0. The van der Waals surface area contributed by atoms with Gasteiger partial charge in [0.1, 0.15) is 5.75 Å². The lowest BCUT2D eigenvalue weighted by Crippen LogP contribution is -2.50. The van der Waals surface area contributed by atoms with Gasteiger partial charge in [0.15, 0.2) is 0 Å². The quantitative estimate of drug-likeness (QED) is 0.813. The topological polar surface area (TPSA) is 67.6 Å². The second-order valence-corrected chi connectivity index (χ2v) is 5.96. The Labute approximate surface area is 126 Å². The zero-order valence-corrected chi connectivity index (χ0v) is 13.1. The maximum absolute atomic E-state index is 12.4. The van der Waals surface area contributed by atoms with Crippen molar-refractivity contribution in [1.29, 1.82) is 0 Å². The van der Waals surface area contributed by atoms with Gasteiger partial charge >= 0.3 is 0 Å². The Morgan fingerprint density at radius 1 is 1.38 bits per heavy atom. The SMILES string of the molecule is COc1ccc(N)c(C(=O)NCC2(N(C)C)CCCC2)c1. The van der Waals surface area contributed by atoms with Crippen LogP contribution in [0, 0.1) is 0 Å². The van der Waals surface area contributed by atoms with Crippen molar-refractivity contribution in [2.24, 2.45) is 0 Å². The smallest absolute Gasteiger partial charge is 0.253 e. The minimum Gasteiger partial charge on any atom is -0.497 e. The molecule has 0 aromatic heterocycles. The Morgan fingerprint density at radius 2 is 2.05 bits per heavy atom. The number of hydrogen-bond donors (Lipinski definition) is 2. The molecule has 0 heterocycles. The number of rotatable bonds is 5. The van der Waals surface area contributed by atoms with Crippen LogP contribution in [0.2, 0.25) is 0 Å². The van der Waals surface area contributed by atoms with E-state index in [4.69, 9.17) is 10.5 Å². The molecule has 0 atom stereocenters. The summed E-state index contributed by atoms with van der Waals surface area (Å²) in [6.07, 6.45) is 4.67. The average Bonchev–Trinajstić information content (AvgIpc) is 2.95. The third-order valence-electron chi connectivity index (χ3n) is 4.57. The predicted octanol–water partition coefficient (Wildman–Crippen LogP) is 1.88. The number of nitrogen functional groups attached to an aromatic ring is 1. The van der Waals surface area contributed by atoms with E-state index in [1.165, 1.54) is 12.8 Å². The van der Waals surface area contributed by atoms with Crippen LogP contribution < -0.4 is 15.8 Å². The van der Waals surface area contributed by atoms with Gasteiger partial charge in [-0.2, -0.15) is 0 Å². The Bertz CT molecular complexity index is 508. The standard InChI is InChI=1S/C16H25N3O2/c1-19(2)16(8-4-5-9-16)11-18-15(20)13-10-12(21-3)6-7-14(13)17/h6-7,10H,4-5,8-9,11,17H2,1-3H3,(H,18,20). The normalized spacial score (nSPS) is 17.0. The number of carbonyl (C=O) groups excluding carboxylic acids is 1. The van der Waals surface area contributed by atoms with Crippen LogP contribution in [0.4, 0.5) is 5.69 Å². The first kappa shape index (κ1) is 15.6. The van der Waals surface area contributed by atoms with Gasteiger partial charge in [-0.15, -0.1) is 0 Å². The Balaban J connectivity index is 2.08. The van der Waals surface area contributed by atoms with E-state index in [-0.39, 0.29) is 11.4 Å². The highest BCUT2D eigenvalue weighted by atomic mass is 16.5. The number of carbonyl (C=O) groups is 1. The number of anilines is 1. The van der Waals surface area contributed by atoms with Crippen molar-refractivity contribution in [2.75, 3.05) is 33.5 Å². The van der Waals surface area contributed by atoms with Crippen molar-refractivity contribution < 1.29 is 9.53 Å². The van der Waals surface area contributed by atoms with Crippen LogP contribution in [0.1, 0.15) is 36.0 Å². The molecule has 0 radical (unpaired) electrons. The molecule has 1 aromatic rings. The van der Waals surface area contributed by atoms with Crippen LogP contribution in [0.3, 0.4) is 0 Å². The molecule has 0 bridgehead atoms. The number of likely N-dealkylation sites (N-methyl/N-ethyl adjacent to an activating group) is 1.